The van der Waals surface area contributed by atoms with Gasteiger partial charge >= 0.3 is 5.97 Å². The number of likely N-dealkylation sites (tertiary alicyclic amines) is 1. The molecule has 1 heterocycles. The van der Waals surface area contributed by atoms with Crippen LogP contribution in [-0.4, -0.2) is 49.6 Å². The van der Waals surface area contributed by atoms with Crippen LogP contribution >= 0.6 is 0 Å². The molecule has 1 amide bonds. The van der Waals surface area contributed by atoms with Gasteiger partial charge in [-0.2, -0.15) is 0 Å². The highest BCUT2D eigenvalue weighted by molar-refractivity contribution is 5.76. The van der Waals surface area contributed by atoms with E-state index in [2.05, 4.69) is 17.1 Å². The van der Waals surface area contributed by atoms with E-state index in [-0.39, 0.29) is 17.8 Å². The second-order valence-corrected chi connectivity index (χ2v) is 5.46. The van der Waals surface area contributed by atoms with E-state index >= 15 is 0 Å². The van der Waals surface area contributed by atoms with Crippen molar-refractivity contribution in [3.63, 3.8) is 0 Å². The Hall–Kier alpha value is -1.10. The quantitative estimate of drug-likeness (QED) is 0.721. The van der Waals surface area contributed by atoms with Gasteiger partial charge in [0.15, 0.2) is 0 Å². The minimum Gasteiger partial charge on any atom is -0.469 e. The first-order valence-electron chi connectivity index (χ1n) is 6.69. The average molecular weight is 254 g/mol. The van der Waals surface area contributed by atoms with Gasteiger partial charge in [0, 0.05) is 32.1 Å². The van der Waals surface area contributed by atoms with Crippen molar-refractivity contribution in [3.05, 3.63) is 0 Å². The standard InChI is InChI=1S/C13H22N2O3/c1-9-7-15(8-11(9)13(17)18-2)6-5-12(16)14-10-3-4-10/h9-11H,3-8H2,1-2H3,(H,14,16). The van der Waals surface area contributed by atoms with Crippen molar-refractivity contribution in [2.24, 2.45) is 11.8 Å². The van der Waals surface area contributed by atoms with E-state index in [1.54, 1.807) is 0 Å². The molecule has 0 bridgehead atoms. The first kappa shape index (κ1) is 13.3. The van der Waals surface area contributed by atoms with Crippen molar-refractivity contribution in [2.75, 3.05) is 26.7 Å². The maximum Gasteiger partial charge on any atom is 0.310 e. The zero-order valence-electron chi connectivity index (χ0n) is 11.1. The second kappa shape index (κ2) is 5.69. The monoisotopic (exact) mass is 254 g/mol. The number of esters is 1. The Morgan fingerprint density at radius 1 is 1.33 bits per heavy atom. The predicted octanol–water partition coefficient (Wildman–Crippen LogP) is 0.396. The summed E-state index contributed by atoms with van der Waals surface area (Å²) in [6.07, 6.45) is 2.77. The summed E-state index contributed by atoms with van der Waals surface area (Å²) in [5.41, 5.74) is 0. The molecule has 2 fully saturated rings. The molecule has 1 aliphatic heterocycles. The predicted molar refractivity (Wildman–Crippen MR) is 66.9 cm³/mol. The topological polar surface area (TPSA) is 58.6 Å². The molecule has 5 heteroatoms. The van der Waals surface area contributed by atoms with Crippen LogP contribution in [-0.2, 0) is 14.3 Å². The summed E-state index contributed by atoms with van der Waals surface area (Å²) in [6.45, 7) is 4.38. The van der Waals surface area contributed by atoms with E-state index in [1.807, 2.05) is 0 Å². The van der Waals surface area contributed by atoms with Crippen molar-refractivity contribution in [3.8, 4) is 0 Å². The first-order valence-corrected chi connectivity index (χ1v) is 6.69. The normalized spacial score (nSPS) is 28.1. The number of hydrogen-bond acceptors (Lipinski definition) is 4. The lowest BCUT2D eigenvalue weighted by atomic mass is 9.99. The van der Waals surface area contributed by atoms with Crippen LogP contribution in [0.1, 0.15) is 26.2 Å². The van der Waals surface area contributed by atoms with Crippen LogP contribution in [0.4, 0.5) is 0 Å². The van der Waals surface area contributed by atoms with E-state index in [0.717, 1.165) is 25.9 Å². The second-order valence-electron chi connectivity index (χ2n) is 5.46. The van der Waals surface area contributed by atoms with E-state index in [0.29, 0.717) is 24.9 Å². The fraction of sp³-hybridized carbons (Fsp3) is 0.846. The van der Waals surface area contributed by atoms with Crippen molar-refractivity contribution in [1.29, 1.82) is 0 Å². The summed E-state index contributed by atoms with van der Waals surface area (Å²) in [4.78, 5) is 25.3. The maximum atomic E-state index is 11.6. The van der Waals surface area contributed by atoms with Gasteiger partial charge in [0.2, 0.25) is 5.91 Å². The van der Waals surface area contributed by atoms with Crippen molar-refractivity contribution in [2.45, 2.75) is 32.2 Å². The largest absolute Gasteiger partial charge is 0.469 e. The number of amides is 1. The van der Waals surface area contributed by atoms with Gasteiger partial charge in [-0.05, 0) is 18.8 Å². The van der Waals surface area contributed by atoms with Gasteiger partial charge in [0.1, 0.15) is 0 Å². The third-order valence-corrected chi connectivity index (χ3v) is 3.79. The molecule has 0 aromatic carbocycles. The summed E-state index contributed by atoms with van der Waals surface area (Å²) in [7, 11) is 1.43. The van der Waals surface area contributed by atoms with Gasteiger partial charge in [0.05, 0.1) is 13.0 Å². The van der Waals surface area contributed by atoms with Crippen LogP contribution in [0.15, 0.2) is 0 Å². The number of hydrogen-bond donors (Lipinski definition) is 1. The number of ether oxygens (including phenoxy) is 1. The van der Waals surface area contributed by atoms with Gasteiger partial charge in [0.25, 0.3) is 0 Å². The lowest BCUT2D eigenvalue weighted by Crippen LogP contribution is -2.31. The molecule has 5 nitrogen and oxygen atoms in total. The summed E-state index contributed by atoms with van der Waals surface area (Å²) in [5.74, 6) is 0.268. The highest BCUT2D eigenvalue weighted by Gasteiger charge is 2.35. The summed E-state index contributed by atoms with van der Waals surface area (Å²) >= 11 is 0. The highest BCUT2D eigenvalue weighted by Crippen LogP contribution is 2.24. The minimum absolute atomic E-state index is 0.0403. The van der Waals surface area contributed by atoms with Crippen LogP contribution in [0.3, 0.4) is 0 Å². The first-order chi connectivity index (χ1) is 8.60. The molecule has 0 radical (unpaired) electrons. The Bertz CT molecular complexity index is 328. The summed E-state index contributed by atoms with van der Waals surface area (Å²) in [5, 5.41) is 2.98. The lowest BCUT2D eigenvalue weighted by Gasteiger charge is -2.14. The number of carbonyl (C=O) groups excluding carboxylic acids is 2. The van der Waals surface area contributed by atoms with Crippen molar-refractivity contribution >= 4 is 11.9 Å². The molecule has 2 aliphatic rings. The average Bonchev–Trinajstić information content (AvgIpc) is 3.07. The Morgan fingerprint density at radius 3 is 2.67 bits per heavy atom. The molecule has 1 aliphatic carbocycles. The van der Waals surface area contributed by atoms with Gasteiger partial charge in [-0.3, -0.25) is 9.59 Å². The fourth-order valence-electron chi connectivity index (χ4n) is 2.50. The third-order valence-electron chi connectivity index (χ3n) is 3.79. The van der Waals surface area contributed by atoms with Crippen molar-refractivity contribution in [1.82, 2.24) is 10.2 Å². The molecular formula is C13H22N2O3. The number of carbonyl (C=O) groups is 2. The van der Waals surface area contributed by atoms with Gasteiger partial charge in [-0.25, -0.2) is 0 Å². The molecule has 1 saturated heterocycles. The zero-order chi connectivity index (χ0) is 13.1. The highest BCUT2D eigenvalue weighted by atomic mass is 16.5. The molecule has 2 rings (SSSR count). The van der Waals surface area contributed by atoms with E-state index in [9.17, 15) is 9.59 Å². The van der Waals surface area contributed by atoms with Gasteiger partial charge < -0.3 is 15.0 Å². The SMILES string of the molecule is COC(=O)C1CN(CCC(=O)NC2CC2)CC1C. The lowest BCUT2D eigenvalue weighted by molar-refractivity contribution is -0.146. The maximum absolute atomic E-state index is 11.6. The Balaban J connectivity index is 1.70. The van der Waals surface area contributed by atoms with Gasteiger partial charge in [-0.1, -0.05) is 6.92 Å². The number of rotatable bonds is 5. The molecule has 18 heavy (non-hydrogen) atoms. The molecule has 0 aromatic rings. The third kappa shape index (κ3) is 3.45. The molecular weight excluding hydrogens is 232 g/mol. The number of methoxy groups -OCH3 is 1. The minimum atomic E-state index is -0.132. The summed E-state index contributed by atoms with van der Waals surface area (Å²) < 4.78 is 4.79. The molecule has 2 unspecified atom stereocenters. The molecule has 2 atom stereocenters. The Kier molecular flexibility index (Phi) is 4.22. The number of nitrogens with one attached hydrogen (secondary N) is 1. The molecule has 1 N–H and O–H groups in total. The fourth-order valence-corrected chi connectivity index (χ4v) is 2.50. The molecule has 0 spiro atoms. The van der Waals surface area contributed by atoms with Crippen LogP contribution in [0, 0.1) is 11.8 Å². The van der Waals surface area contributed by atoms with Crippen LogP contribution < -0.4 is 5.32 Å². The van der Waals surface area contributed by atoms with Gasteiger partial charge in [-0.15, -0.1) is 0 Å². The molecule has 102 valence electrons. The van der Waals surface area contributed by atoms with E-state index < -0.39 is 0 Å². The van der Waals surface area contributed by atoms with Crippen LogP contribution in [0.5, 0.6) is 0 Å². The van der Waals surface area contributed by atoms with Crippen LogP contribution in [0.2, 0.25) is 0 Å². The summed E-state index contributed by atoms with van der Waals surface area (Å²) in [6, 6.07) is 0.429. The van der Waals surface area contributed by atoms with Crippen LogP contribution in [0.25, 0.3) is 0 Å². The van der Waals surface area contributed by atoms with E-state index in [1.165, 1.54) is 7.11 Å². The van der Waals surface area contributed by atoms with E-state index in [4.69, 9.17) is 4.74 Å². The Morgan fingerprint density at radius 2 is 2.06 bits per heavy atom. The smallest absolute Gasteiger partial charge is 0.310 e. The zero-order valence-corrected chi connectivity index (χ0v) is 11.1. The number of nitrogens with zero attached hydrogens (tertiary/aromatic N) is 1. The molecule has 0 aromatic heterocycles. The van der Waals surface area contributed by atoms with Crippen molar-refractivity contribution < 1.29 is 14.3 Å². The molecule has 1 saturated carbocycles. The Labute approximate surface area is 108 Å².